The number of hydrogen-bond donors (Lipinski definition) is 1. The van der Waals surface area contributed by atoms with Crippen molar-refractivity contribution in [3.8, 4) is 11.8 Å². The number of ether oxygens (including phenoxy) is 1. The van der Waals surface area contributed by atoms with Crippen molar-refractivity contribution in [2.45, 2.75) is 56.8 Å². The molecule has 0 bridgehead atoms. The fraction of sp³-hybridized carbons (Fsp3) is 0.480. The minimum atomic E-state index is -4.64. The molecule has 0 atom stereocenters. The highest BCUT2D eigenvalue weighted by atomic mass is 19.4. The zero-order valence-electron chi connectivity index (χ0n) is 19.5. The van der Waals surface area contributed by atoms with E-state index in [1.54, 1.807) is 6.07 Å². The van der Waals surface area contributed by atoms with Gasteiger partial charge in [-0.05, 0) is 56.7 Å². The van der Waals surface area contributed by atoms with E-state index in [2.05, 4.69) is 15.3 Å². The summed E-state index contributed by atoms with van der Waals surface area (Å²) in [6.45, 7) is 1.39. The standard InChI is InChI=1S/C25H26F3N5O3/c26-25(27,28)22-11-21(4-1-17(22)12-29)36-20-5-2-19(3-6-20)32-23(35)18-13-30-24(31-14-18)33-9-7-16(15-34)8-10-33/h1,4,11,13-16,19-20H,2-3,5-10H2,(H,32,35). The minimum Gasteiger partial charge on any atom is -0.490 e. The number of anilines is 1. The number of hydrogen-bond acceptors (Lipinski definition) is 7. The van der Waals surface area contributed by atoms with E-state index in [4.69, 9.17) is 10.00 Å². The topological polar surface area (TPSA) is 108 Å². The van der Waals surface area contributed by atoms with E-state index in [0.29, 0.717) is 50.3 Å². The summed E-state index contributed by atoms with van der Waals surface area (Å²) in [5.41, 5.74) is -1.11. The third kappa shape index (κ3) is 6.11. The van der Waals surface area contributed by atoms with Gasteiger partial charge in [-0.3, -0.25) is 4.79 Å². The summed E-state index contributed by atoms with van der Waals surface area (Å²) >= 11 is 0. The fourth-order valence-corrected chi connectivity index (χ4v) is 4.55. The molecule has 2 aromatic rings. The molecule has 1 aromatic heterocycles. The smallest absolute Gasteiger partial charge is 0.417 e. The average Bonchev–Trinajstić information content (AvgIpc) is 2.89. The number of carbonyl (C=O) groups is 2. The normalized spacial score (nSPS) is 20.9. The van der Waals surface area contributed by atoms with E-state index in [1.165, 1.54) is 18.5 Å². The first-order valence-electron chi connectivity index (χ1n) is 11.9. The Morgan fingerprint density at radius 2 is 1.78 bits per heavy atom. The van der Waals surface area contributed by atoms with Crippen molar-refractivity contribution in [3.05, 3.63) is 47.3 Å². The highest BCUT2D eigenvalue weighted by Gasteiger charge is 2.34. The van der Waals surface area contributed by atoms with Crippen LogP contribution in [0.1, 0.15) is 60.0 Å². The minimum absolute atomic E-state index is 0.0708. The van der Waals surface area contributed by atoms with Gasteiger partial charge < -0.3 is 19.7 Å². The Morgan fingerprint density at radius 1 is 1.11 bits per heavy atom. The predicted octanol–water partition coefficient (Wildman–Crippen LogP) is 3.90. The van der Waals surface area contributed by atoms with E-state index < -0.39 is 17.3 Å². The zero-order chi connectivity index (χ0) is 25.7. The molecule has 1 N–H and O–H groups in total. The number of carbonyl (C=O) groups excluding carboxylic acids is 2. The SMILES string of the molecule is N#Cc1ccc(OC2CCC(NC(=O)c3cnc(N4CCC(C=O)CC4)nc3)CC2)cc1C(F)(F)F. The Bertz CT molecular complexity index is 1120. The van der Waals surface area contributed by atoms with Crippen LogP contribution < -0.4 is 15.0 Å². The Hall–Kier alpha value is -3.68. The molecule has 1 saturated carbocycles. The number of halogens is 3. The van der Waals surface area contributed by atoms with Crippen molar-refractivity contribution in [1.82, 2.24) is 15.3 Å². The molecule has 0 unspecified atom stereocenters. The van der Waals surface area contributed by atoms with Gasteiger partial charge >= 0.3 is 6.18 Å². The number of nitrogens with one attached hydrogen (secondary N) is 1. The Morgan fingerprint density at radius 3 is 2.36 bits per heavy atom. The maximum Gasteiger partial charge on any atom is 0.417 e. The van der Waals surface area contributed by atoms with Gasteiger partial charge in [0.1, 0.15) is 12.0 Å². The summed E-state index contributed by atoms with van der Waals surface area (Å²) in [6.07, 6.45) is 2.93. The second kappa shape index (κ2) is 10.9. The third-order valence-electron chi connectivity index (χ3n) is 6.64. The van der Waals surface area contributed by atoms with Gasteiger partial charge in [-0.1, -0.05) is 0 Å². The molecule has 11 heteroatoms. The summed E-state index contributed by atoms with van der Waals surface area (Å²) in [7, 11) is 0. The Kier molecular flexibility index (Phi) is 7.72. The number of nitrogens with zero attached hydrogens (tertiary/aromatic N) is 4. The van der Waals surface area contributed by atoms with Crippen LogP contribution in [0.2, 0.25) is 0 Å². The number of aromatic nitrogens is 2. The molecule has 0 radical (unpaired) electrons. The summed E-state index contributed by atoms with van der Waals surface area (Å²) in [4.78, 5) is 34.2. The first-order chi connectivity index (χ1) is 17.3. The quantitative estimate of drug-likeness (QED) is 0.598. The predicted molar refractivity (Wildman–Crippen MR) is 123 cm³/mol. The van der Waals surface area contributed by atoms with Crippen LogP contribution in [0.4, 0.5) is 19.1 Å². The fourth-order valence-electron chi connectivity index (χ4n) is 4.55. The second-order valence-corrected chi connectivity index (χ2v) is 9.11. The number of benzene rings is 1. The van der Waals surface area contributed by atoms with Crippen LogP contribution in [0.25, 0.3) is 0 Å². The molecule has 1 aliphatic carbocycles. The number of nitriles is 1. The van der Waals surface area contributed by atoms with Gasteiger partial charge in [-0.15, -0.1) is 0 Å². The molecule has 1 aliphatic heterocycles. The van der Waals surface area contributed by atoms with Crippen molar-refractivity contribution in [3.63, 3.8) is 0 Å². The van der Waals surface area contributed by atoms with Gasteiger partial charge in [0, 0.05) is 37.4 Å². The van der Waals surface area contributed by atoms with Crippen LogP contribution in [0.15, 0.2) is 30.6 Å². The molecule has 2 heterocycles. The maximum atomic E-state index is 13.2. The lowest BCUT2D eigenvalue weighted by Gasteiger charge is -2.30. The number of piperidine rings is 1. The van der Waals surface area contributed by atoms with Crippen molar-refractivity contribution < 1.29 is 27.5 Å². The molecule has 1 amide bonds. The van der Waals surface area contributed by atoms with Crippen molar-refractivity contribution in [1.29, 1.82) is 5.26 Å². The Labute approximate surface area is 206 Å². The van der Waals surface area contributed by atoms with Crippen molar-refractivity contribution in [2.75, 3.05) is 18.0 Å². The van der Waals surface area contributed by atoms with E-state index in [-0.39, 0.29) is 29.7 Å². The van der Waals surface area contributed by atoms with Crippen LogP contribution in [0.3, 0.4) is 0 Å². The lowest BCUT2D eigenvalue weighted by atomic mass is 9.92. The summed E-state index contributed by atoms with van der Waals surface area (Å²) in [6, 6.07) is 4.81. The Balaban J connectivity index is 1.26. The maximum absolute atomic E-state index is 13.2. The summed E-state index contributed by atoms with van der Waals surface area (Å²) in [5, 5.41) is 11.9. The van der Waals surface area contributed by atoms with E-state index in [1.807, 2.05) is 4.90 Å². The lowest BCUT2D eigenvalue weighted by molar-refractivity contribution is -0.138. The summed E-state index contributed by atoms with van der Waals surface area (Å²) in [5.74, 6) is 0.396. The number of aldehydes is 1. The molecule has 4 rings (SSSR count). The molecule has 190 valence electrons. The molecule has 1 saturated heterocycles. The second-order valence-electron chi connectivity index (χ2n) is 9.11. The van der Waals surface area contributed by atoms with Crippen LogP contribution in [-0.4, -0.2) is 47.4 Å². The van der Waals surface area contributed by atoms with Gasteiger partial charge in [-0.2, -0.15) is 18.4 Å². The van der Waals surface area contributed by atoms with Gasteiger partial charge in [0.25, 0.3) is 5.91 Å². The van der Waals surface area contributed by atoms with Gasteiger partial charge in [0.05, 0.1) is 28.9 Å². The van der Waals surface area contributed by atoms with E-state index in [0.717, 1.165) is 31.3 Å². The number of amides is 1. The number of alkyl halides is 3. The molecule has 36 heavy (non-hydrogen) atoms. The highest BCUT2D eigenvalue weighted by Crippen LogP contribution is 2.35. The van der Waals surface area contributed by atoms with Crippen LogP contribution >= 0.6 is 0 Å². The van der Waals surface area contributed by atoms with E-state index in [9.17, 15) is 22.8 Å². The molecule has 2 fully saturated rings. The van der Waals surface area contributed by atoms with Gasteiger partial charge in [0.15, 0.2) is 0 Å². The summed E-state index contributed by atoms with van der Waals surface area (Å²) < 4.78 is 45.3. The van der Waals surface area contributed by atoms with Gasteiger partial charge in [0.2, 0.25) is 5.95 Å². The van der Waals surface area contributed by atoms with Crippen LogP contribution in [0.5, 0.6) is 5.75 Å². The van der Waals surface area contributed by atoms with Crippen molar-refractivity contribution in [2.24, 2.45) is 5.92 Å². The van der Waals surface area contributed by atoms with Gasteiger partial charge in [-0.25, -0.2) is 9.97 Å². The number of rotatable bonds is 6. The highest BCUT2D eigenvalue weighted by molar-refractivity contribution is 5.93. The monoisotopic (exact) mass is 501 g/mol. The lowest BCUT2D eigenvalue weighted by Crippen LogP contribution is -2.40. The van der Waals surface area contributed by atoms with E-state index >= 15 is 0 Å². The molecule has 1 aromatic carbocycles. The molecule has 8 nitrogen and oxygen atoms in total. The molecular weight excluding hydrogens is 475 g/mol. The van der Waals surface area contributed by atoms with Crippen LogP contribution in [-0.2, 0) is 11.0 Å². The van der Waals surface area contributed by atoms with Crippen LogP contribution in [0, 0.1) is 17.2 Å². The molecule has 2 aliphatic rings. The first kappa shape index (κ1) is 25.4. The zero-order valence-corrected chi connectivity index (χ0v) is 19.5. The third-order valence-corrected chi connectivity index (χ3v) is 6.64. The van der Waals surface area contributed by atoms with Crippen molar-refractivity contribution >= 4 is 18.1 Å². The average molecular weight is 502 g/mol. The molecule has 0 spiro atoms. The largest absolute Gasteiger partial charge is 0.490 e. The first-order valence-corrected chi connectivity index (χ1v) is 11.9. The molecular formula is C25H26F3N5O3.